The maximum Gasteiger partial charge on any atom is 0.266 e. The Kier molecular flexibility index (Phi) is 8.80. The van der Waals surface area contributed by atoms with Gasteiger partial charge in [-0.1, -0.05) is 0 Å². The van der Waals surface area contributed by atoms with Gasteiger partial charge in [0, 0.05) is 11.6 Å². The number of nitrogens with one attached hydrogen (secondary N) is 2. The summed E-state index contributed by atoms with van der Waals surface area (Å²) in [5, 5.41) is 26.4. The highest BCUT2D eigenvalue weighted by Gasteiger charge is 2.05. The molecule has 2 amide bonds. The summed E-state index contributed by atoms with van der Waals surface area (Å²) in [7, 11) is 2.86. The summed E-state index contributed by atoms with van der Waals surface area (Å²) in [6.07, 6.45) is 2.70. The van der Waals surface area contributed by atoms with E-state index < -0.39 is 18.4 Å². The molecule has 0 saturated heterocycles. The van der Waals surface area contributed by atoms with E-state index in [1.54, 1.807) is 18.2 Å². The number of benzene rings is 2. The summed E-state index contributed by atoms with van der Waals surface area (Å²) in [6, 6.07) is 8.99. The second-order valence-corrected chi connectivity index (χ2v) is 5.94. The van der Waals surface area contributed by atoms with Crippen molar-refractivity contribution in [3.8, 4) is 23.0 Å². The number of carbonyl (C=O) groups excluding carboxylic acids is 2. The maximum atomic E-state index is 11.7. The first-order valence-corrected chi connectivity index (χ1v) is 8.88. The van der Waals surface area contributed by atoms with E-state index in [0.29, 0.717) is 16.9 Å². The lowest BCUT2D eigenvalue weighted by atomic mass is 10.2. The molecule has 0 unspecified atom stereocenters. The Balaban J connectivity index is 1.70. The predicted octanol–water partition coefficient (Wildman–Crippen LogP) is 0.732. The molecule has 11 nitrogen and oxygen atoms in total. The SMILES string of the molecule is COc1cc(C=NNC(=O)COCC(=O)NN=Cc2ccc(O)cc2OC)ccc1O. The zero-order valence-corrected chi connectivity index (χ0v) is 16.9. The normalized spacial score (nSPS) is 10.9. The van der Waals surface area contributed by atoms with E-state index in [4.69, 9.17) is 14.2 Å². The highest BCUT2D eigenvalue weighted by molar-refractivity contribution is 5.86. The third-order valence-electron chi connectivity index (χ3n) is 3.68. The number of phenols is 2. The quantitative estimate of drug-likeness (QED) is 0.320. The second kappa shape index (κ2) is 11.8. The van der Waals surface area contributed by atoms with Gasteiger partial charge >= 0.3 is 0 Å². The first-order valence-electron chi connectivity index (χ1n) is 8.88. The summed E-state index contributed by atoms with van der Waals surface area (Å²) < 4.78 is 15.1. The largest absolute Gasteiger partial charge is 0.508 e. The highest BCUT2D eigenvalue weighted by Crippen LogP contribution is 2.25. The molecule has 2 aromatic carbocycles. The van der Waals surface area contributed by atoms with E-state index >= 15 is 0 Å². The van der Waals surface area contributed by atoms with Crippen molar-refractivity contribution in [1.29, 1.82) is 0 Å². The van der Waals surface area contributed by atoms with Gasteiger partial charge in [-0.2, -0.15) is 10.2 Å². The third kappa shape index (κ3) is 7.66. The molecular formula is C20H22N4O7. The summed E-state index contributed by atoms with van der Waals surface area (Å²) in [6.45, 7) is -0.782. The molecule has 0 heterocycles. The number of hydrogen-bond donors (Lipinski definition) is 4. The van der Waals surface area contributed by atoms with Crippen LogP contribution >= 0.6 is 0 Å². The maximum absolute atomic E-state index is 11.7. The lowest BCUT2D eigenvalue weighted by Crippen LogP contribution is -2.28. The Bertz CT molecular complexity index is 976. The minimum atomic E-state index is -0.568. The molecule has 31 heavy (non-hydrogen) atoms. The Morgan fingerprint density at radius 1 is 0.903 bits per heavy atom. The summed E-state index contributed by atoms with van der Waals surface area (Å²) in [5.41, 5.74) is 5.63. The zero-order chi connectivity index (χ0) is 22.6. The van der Waals surface area contributed by atoms with Crippen molar-refractivity contribution >= 4 is 24.2 Å². The fourth-order valence-corrected chi connectivity index (χ4v) is 2.23. The molecular weight excluding hydrogens is 408 g/mol. The molecule has 0 aliphatic rings. The number of methoxy groups -OCH3 is 2. The number of phenolic OH excluding ortho intramolecular Hbond substituents is 2. The molecule has 2 rings (SSSR count). The van der Waals surface area contributed by atoms with Crippen LogP contribution in [-0.4, -0.2) is 61.9 Å². The van der Waals surface area contributed by atoms with Crippen LogP contribution < -0.4 is 20.3 Å². The standard InChI is InChI=1S/C20H22N4O7/c1-29-17-8-15(25)5-4-14(17)10-22-24-20(28)12-31-11-19(27)23-21-9-13-3-6-16(26)18(7-13)30-2/h3-10,25-26H,11-12H2,1-2H3,(H,23,27)(H,24,28). The molecule has 0 fully saturated rings. The van der Waals surface area contributed by atoms with Gasteiger partial charge in [0.25, 0.3) is 11.8 Å². The molecule has 0 aliphatic carbocycles. The first kappa shape index (κ1) is 23.2. The Hall–Kier alpha value is -4.12. The molecule has 0 bridgehead atoms. The van der Waals surface area contributed by atoms with E-state index in [9.17, 15) is 19.8 Å². The van der Waals surface area contributed by atoms with Gasteiger partial charge in [0.1, 0.15) is 24.7 Å². The van der Waals surface area contributed by atoms with E-state index in [0.717, 1.165) is 0 Å². The van der Waals surface area contributed by atoms with E-state index in [1.165, 1.54) is 44.8 Å². The van der Waals surface area contributed by atoms with Crippen LogP contribution in [0.4, 0.5) is 0 Å². The van der Waals surface area contributed by atoms with Crippen molar-refractivity contribution < 1.29 is 34.0 Å². The third-order valence-corrected chi connectivity index (χ3v) is 3.68. The predicted molar refractivity (Wildman–Crippen MR) is 112 cm³/mol. The number of nitrogens with zero attached hydrogens (tertiary/aromatic N) is 2. The van der Waals surface area contributed by atoms with Crippen molar-refractivity contribution in [2.45, 2.75) is 0 Å². The average molecular weight is 430 g/mol. The number of hydrogen-bond acceptors (Lipinski definition) is 9. The van der Waals surface area contributed by atoms with Gasteiger partial charge in [0.15, 0.2) is 11.5 Å². The van der Waals surface area contributed by atoms with E-state index in [1.807, 2.05) is 0 Å². The minimum absolute atomic E-state index is 0.0121. The Labute approximate surface area is 177 Å². The Morgan fingerprint density at radius 3 is 2.19 bits per heavy atom. The van der Waals surface area contributed by atoms with Gasteiger partial charge < -0.3 is 24.4 Å². The second-order valence-electron chi connectivity index (χ2n) is 5.94. The molecule has 0 radical (unpaired) electrons. The topological polar surface area (TPSA) is 151 Å². The van der Waals surface area contributed by atoms with Crippen LogP contribution in [0.15, 0.2) is 46.6 Å². The molecule has 11 heteroatoms. The van der Waals surface area contributed by atoms with Crippen LogP contribution in [0.3, 0.4) is 0 Å². The average Bonchev–Trinajstić information content (AvgIpc) is 2.75. The van der Waals surface area contributed by atoms with Crippen LogP contribution in [0.25, 0.3) is 0 Å². The number of carbonyl (C=O) groups is 2. The number of amides is 2. The van der Waals surface area contributed by atoms with E-state index in [-0.39, 0.29) is 23.9 Å². The zero-order valence-electron chi connectivity index (χ0n) is 16.9. The summed E-state index contributed by atoms with van der Waals surface area (Å²) in [4.78, 5) is 23.4. The number of ether oxygens (including phenoxy) is 3. The van der Waals surface area contributed by atoms with Gasteiger partial charge in [-0.25, -0.2) is 10.9 Å². The Morgan fingerprint density at radius 2 is 1.55 bits per heavy atom. The van der Waals surface area contributed by atoms with Crippen molar-refractivity contribution in [3.05, 3.63) is 47.5 Å². The van der Waals surface area contributed by atoms with Crippen LogP contribution in [0.2, 0.25) is 0 Å². The van der Waals surface area contributed by atoms with Crippen molar-refractivity contribution in [2.24, 2.45) is 10.2 Å². The van der Waals surface area contributed by atoms with Crippen LogP contribution in [0.1, 0.15) is 11.1 Å². The molecule has 0 spiro atoms. The number of aromatic hydroxyl groups is 2. The molecule has 0 aromatic heterocycles. The van der Waals surface area contributed by atoms with Crippen LogP contribution in [0, 0.1) is 0 Å². The molecule has 164 valence electrons. The summed E-state index contributed by atoms with van der Waals surface area (Å²) >= 11 is 0. The van der Waals surface area contributed by atoms with Gasteiger partial charge in [0.05, 0.1) is 26.6 Å². The lowest BCUT2D eigenvalue weighted by Gasteiger charge is -2.05. The monoisotopic (exact) mass is 430 g/mol. The first-order chi connectivity index (χ1) is 14.9. The molecule has 2 aromatic rings. The van der Waals surface area contributed by atoms with Crippen LogP contribution in [-0.2, 0) is 14.3 Å². The van der Waals surface area contributed by atoms with Gasteiger partial charge in [0.2, 0.25) is 0 Å². The fourth-order valence-electron chi connectivity index (χ4n) is 2.23. The minimum Gasteiger partial charge on any atom is -0.508 e. The lowest BCUT2D eigenvalue weighted by molar-refractivity contribution is -0.130. The molecule has 4 N–H and O–H groups in total. The van der Waals surface area contributed by atoms with Crippen molar-refractivity contribution in [3.63, 3.8) is 0 Å². The summed E-state index contributed by atoms with van der Waals surface area (Å²) in [5.74, 6) is -0.444. The smallest absolute Gasteiger partial charge is 0.266 e. The fraction of sp³-hybridized carbons (Fsp3) is 0.200. The van der Waals surface area contributed by atoms with E-state index in [2.05, 4.69) is 21.1 Å². The highest BCUT2D eigenvalue weighted by atomic mass is 16.5. The molecule has 0 atom stereocenters. The van der Waals surface area contributed by atoms with Crippen molar-refractivity contribution in [1.82, 2.24) is 10.9 Å². The van der Waals surface area contributed by atoms with Crippen LogP contribution in [0.5, 0.6) is 23.0 Å². The molecule has 0 aliphatic heterocycles. The number of rotatable bonds is 10. The van der Waals surface area contributed by atoms with Gasteiger partial charge in [-0.3, -0.25) is 9.59 Å². The number of hydrazone groups is 2. The van der Waals surface area contributed by atoms with Gasteiger partial charge in [-0.05, 0) is 35.9 Å². The molecule has 0 saturated carbocycles. The van der Waals surface area contributed by atoms with Crippen molar-refractivity contribution in [2.75, 3.05) is 27.4 Å². The van der Waals surface area contributed by atoms with Gasteiger partial charge in [-0.15, -0.1) is 0 Å².